The molecule has 0 fully saturated rings. The van der Waals surface area contributed by atoms with E-state index in [-0.39, 0.29) is 25.7 Å². The molecule has 0 saturated carbocycles. The van der Waals surface area contributed by atoms with Crippen molar-refractivity contribution in [2.75, 3.05) is 39.6 Å². The van der Waals surface area contributed by atoms with Crippen LogP contribution in [0.25, 0.3) is 0 Å². The van der Waals surface area contributed by atoms with Crippen LogP contribution in [0.15, 0.2) is 109 Å². The van der Waals surface area contributed by atoms with Crippen molar-refractivity contribution in [3.05, 3.63) is 109 Å². The van der Waals surface area contributed by atoms with Gasteiger partial charge in [-0.25, -0.2) is 9.13 Å². The first-order chi connectivity index (χ1) is 51.7. The molecule has 3 N–H and O–H groups in total. The maximum Gasteiger partial charge on any atom is 0.472 e. The zero-order valence-corrected chi connectivity index (χ0v) is 68.9. The number of carbonyl (C=O) groups is 4. The van der Waals surface area contributed by atoms with Crippen molar-refractivity contribution in [2.24, 2.45) is 0 Å². The molecule has 0 aliphatic heterocycles. The number of phosphoric acid groups is 2. The normalized spacial score (nSPS) is 14.4. The highest BCUT2D eigenvalue weighted by atomic mass is 31.2. The number of carbonyl (C=O) groups excluding carboxylic acids is 4. The Morgan fingerprint density at radius 2 is 0.491 bits per heavy atom. The SMILES string of the molecule is CC/C=C\C/C=C\C/C=C\C/C=C\CCCCCCC(=O)OCC(COP(=O)(O)OCC(O)COP(=O)(O)OCC(COC(=O)CCCCCCCC/C=C\C/C=C\C/C=C\CCCCC)OC(=O)CCCCCCC/C=C\C/C=C\CCCCC)OC(=O)CCCCCCCCCCCCCCCCC. The number of rotatable bonds is 79. The van der Waals surface area contributed by atoms with Crippen LogP contribution < -0.4 is 0 Å². The average Bonchev–Trinajstić information content (AvgIpc) is 0.928. The molecule has 612 valence electrons. The van der Waals surface area contributed by atoms with Crippen molar-refractivity contribution >= 4 is 39.5 Å². The monoisotopic (exact) mass is 1530 g/mol. The summed E-state index contributed by atoms with van der Waals surface area (Å²) in [5.74, 6) is -2.21. The van der Waals surface area contributed by atoms with Crippen LogP contribution >= 0.6 is 15.6 Å². The van der Waals surface area contributed by atoms with Crippen LogP contribution in [-0.2, 0) is 65.4 Å². The van der Waals surface area contributed by atoms with E-state index in [0.717, 1.165) is 180 Å². The number of ether oxygens (including phenoxy) is 4. The zero-order valence-electron chi connectivity index (χ0n) is 67.1. The Morgan fingerprint density at radius 3 is 0.774 bits per heavy atom. The number of aliphatic hydroxyl groups is 1. The maximum atomic E-state index is 13.1. The van der Waals surface area contributed by atoms with Gasteiger partial charge in [-0.1, -0.05) is 310 Å². The van der Waals surface area contributed by atoms with Crippen LogP contribution in [0.3, 0.4) is 0 Å². The fraction of sp³-hybridized carbons (Fsp3) is 0.747. The third kappa shape index (κ3) is 77.9. The van der Waals surface area contributed by atoms with Gasteiger partial charge in [-0.15, -0.1) is 0 Å². The van der Waals surface area contributed by atoms with Crippen molar-refractivity contribution in [2.45, 2.75) is 380 Å². The molecule has 0 aromatic rings. The van der Waals surface area contributed by atoms with Gasteiger partial charge in [0.05, 0.1) is 26.4 Å². The molecular weight excluding hydrogens is 1380 g/mol. The number of hydrogen-bond donors (Lipinski definition) is 3. The van der Waals surface area contributed by atoms with Crippen molar-refractivity contribution in [1.29, 1.82) is 0 Å². The van der Waals surface area contributed by atoms with E-state index in [1.54, 1.807) is 0 Å². The van der Waals surface area contributed by atoms with Crippen molar-refractivity contribution in [1.82, 2.24) is 0 Å². The molecule has 0 rings (SSSR count). The van der Waals surface area contributed by atoms with Crippen LogP contribution in [0.2, 0.25) is 0 Å². The summed E-state index contributed by atoms with van der Waals surface area (Å²) in [6, 6.07) is 0. The third-order valence-corrected chi connectivity index (χ3v) is 19.6. The zero-order chi connectivity index (χ0) is 77.4. The Morgan fingerprint density at radius 1 is 0.274 bits per heavy atom. The lowest BCUT2D eigenvalue weighted by Gasteiger charge is -2.21. The minimum atomic E-state index is -4.99. The second kappa shape index (κ2) is 78.8. The van der Waals surface area contributed by atoms with E-state index in [0.29, 0.717) is 25.7 Å². The number of aliphatic hydroxyl groups excluding tert-OH is 1. The van der Waals surface area contributed by atoms with E-state index >= 15 is 0 Å². The molecule has 0 aromatic heterocycles. The molecular formula is C87H152O17P2. The summed E-state index contributed by atoms with van der Waals surface area (Å²) in [5.41, 5.74) is 0. The first-order valence-corrected chi connectivity index (χ1v) is 45.1. The van der Waals surface area contributed by atoms with Gasteiger partial charge in [-0.05, 0) is 135 Å². The van der Waals surface area contributed by atoms with Gasteiger partial charge in [0.15, 0.2) is 12.2 Å². The van der Waals surface area contributed by atoms with Crippen LogP contribution in [0.1, 0.15) is 362 Å². The Hall–Kier alpha value is -4.28. The molecule has 0 aliphatic rings. The molecule has 0 bridgehead atoms. The van der Waals surface area contributed by atoms with E-state index in [4.69, 9.17) is 37.0 Å². The number of unbranched alkanes of at least 4 members (excludes halogenated alkanes) is 35. The van der Waals surface area contributed by atoms with Crippen molar-refractivity contribution in [3.8, 4) is 0 Å². The highest BCUT2D eigenvalue weighted by molar-refractivity contribution is 7.47. The number of esters is 4. The fourth-order valence-electron chi connectivity index (χ4n) is 11.3. The summed E-state index contributed by atoms with van der Waals surface area (Å²) < 4.78 is 68.7. The predicted molar refractivity (Wildman–Crippen MR) is 436 cm³/mol. The first-order valence-electron chi connectivity index (χ1n) is 42.1. The maximum absolute atomic E-state index is 13.1. The highest BCUT2D eigenvalue weighted by Gasteiger charge is 2.30. The minimum Gasteiger partial charge on any atom is -0.462 e. The first kappa shape index (κ1) is 102. The molecule has 0 aliphatic carbocycles. The molecule has 0 radical (unpaired) electrons. The Bertz CT molecular complexity index is 2430. The summed E-state index contributed by atoms with van der Waals surface area (Å²) >= 11 is 0. The van der Waals surface area contributed by atoms with E-state index in [1.807, 2.05) is 0 Å². The largest absolute Gasteiger partial charge is 0.472 e. The third-order valence-electron chi connectivity index (χ3n) is 17.7. The van der Waals surface area contributed by atoms with E-state index in [2.05, 4.69) is 137 Å². The Kier molecular flexibility index (Phi) is 75.6. The van der Waals surface area contributed by atoms with Gasteiger partial charge in [0.1, 0.15) is 19.3 Å². The molecule has 0 saturated heterocycles. The predicted octanol–water partition coefficient (Wildman–Crippen LogP) is 24.9. The van der Waals surface area contributed by atoms with Crippen LogP contribution in [0.4, 0.5) is 0 Å². The Labute approximate surface area is 645 Å². The number of allylic oxidation sites excluding steroid dienone is 18. The Balaban J connectivity index is 5.39. The summed E-state index contributed by atoms with van der Waals surface area (Å²) in [5, 5.41) is 10.7. The molecule has 5 unspecified atom stereocenters. The van der Waals surface area contributed by atoms with Gasteiger partial charge in [0.25, 0.3) is 0 Å². The standard InChI is InChI=1S/C87H152O17P2/c1-5-9-13-17-21-25-29-33-37-39-40-42-46-48-52-56-60-64-68-72-85(90)98-78-83(104-87(92)74-70-66-62-58-54-50-44-36-32-28-24-20-16-12-8-4)80-102-106(95,96)100-76-81(88)75-99-105(93,94)101-79-82(103-86(91)73-69-65-61-57-53-49-43-35-31-27-23-19-15-11-7-3)77-97-84(89)71-67-63-59-55-51-47-45-41-38-34-30-26-22-18-14-10-6-2/h10,14,21-22,24-26,28,33-34,36-38,40,42,44-45,47,81-83,88H,5-9,11-13,15-20,23,27,29-32,35,39,41,43,46,48-80H2,1-4H3,(H,93,94)(H,95,96)/b14-10-,25-21-,26-22-,28-24-,37-33-,38-34-,42-40-,44-36-,47-45-. The smallest absolute Gasteiger partial charge is 0.462 e. The van der Waals surface area contributed by atoms with Gasteiger partial charge < -0.3 is 33.8 Å². The number of hydrogen-bond acceptors (Lipinski definition) is 15. The van der Waals surface area contributed by atoms with Crippen molar-refractivity contribution in [3.63, 3.8) is 0 Å². The van der Waals surface area contributed by atoms with Gasteiger partial charge in [0, 0.05) is 25.7 Å². The molecule has 0 aromatic carbocycles. The van der Waals surface area contributed by atoms with Crippen molar-refractivity contribution < 1.29 is 80.2 Å². The lowest BCUT2D eigenvalue weighted by atomic mass is 10.0. The molecule has 0 heterocycles. The molecule has 5 atom stereocenters. The molecule has 0 spiro atoms. The van der Waals surface area contributed by atoms with E-state index in [1.165, 1.54) is 103 Å². The van der Waals surface area contributed by atoms with Gasteiger partial charge >= 0.3 is 39.5 Å². The summed E-state index contributed by atoms with van der Waals surface area (Å²) in [4.78, 5) is 73.2. The van der Waals surface area contributed by atoms with Gasteiger partial charge in [0.2, 0.25) is 0 Å². The fourth-order valence-corrected chi connectivity index (χ4v) is 12.9. The molecule has 0 amide bonds. The number of phosphoric ester groups is 2. The molecule has 106 heavy (non-hydrogen) atoms. The van der Waals surface area contributed by atoms with Gasteiger partial charge in [-0.2, -0.15) is 0 Å². The van der Waals surface area contributed by atoms with Crippen LogP contribution in [0, 0.1) is 0 Å². The summed E-state index contributed by atoms with van der Waals surface area (Å²) in [7, 11) is -9.97. The lowest BCUT2D eigenvalue weighted by Crippen LogP contribution is -2.30. The average molecular weight is 1530 g/mol. The quantitative estimate of drug-likeness (QED) is 0.0169. The second-order valence-electron chi connectivity index (χ2n) is 28.0. The van der Waals surface area contributed by atoms with Crippen LogP contribution in [-0.4, -0.2) is 96.7 Å². The van der Waals surface area contributed by atoms with Crippen LogP contribution in [0.5, 0.6) is 0 Å². The van der Waals surface area contributed by atoms with Gasteiger partial charge in [-0.3, -0.25) is 37.3 Å². The lowest BCUT2D eigenvalue weighted by molar-refractivity contribution is -0.161. The van der Waals surface area contributed by atoms with E-state index in [9.17, 15) is 43.2 Å². The summed E-state index contributed by atoms with van der Waals surface area (Å²) in [6.45, 7) is 4.71. The minimum absolute atomic E-state index is 0.0754. The topological polar surface area (TPSA) is 237 Å². The highest BCUT2D eigenvalue weighted by Crippen LogP contribution is 2.45. The second-order valence-corrected chi connectivity index (χ2v) is 30.9. The molecule has 17 nitrogen and oxygen atoms in total. The molecule has 19 heteroatoms. The van der Waals surface area contributed by atoms with E-state index < -0.39 is 97.5 Å². The summed E-state index contributed by atoms with van der Waals surface area (Å²) in [6.07, 6.45) is 86.2.